The first-order valence-corrected chi connectivity index (χ1v) is 8.58. The summed E-state index contributed by atoms with van der Waals surface area (Å²) in [4.78, 5) is 13.1. The SMILES string of the molecule is CCC/C=C(/CCO)Nc1nc(C)ncc1OCc1cccc(C)n1. The summed E-state index contributed by atoms with van der Waals surface area (Å²) in [5.41, 5.74) is 2.73. The van der Waals surface area contributed by atoms with E-state index >= 15 is 0 Å². The maximum atomic E-state index is 9.26. The molecule has 134 valence electrons. The Hall–Kier alpha value is -2.47. The Kier molecular flexibility index (Phi) is 7.35. The third-order valence-corrected chi connectivity index (χ3v) is 3.54. The molecule has 25 heavy (non-hydrogen) atoms. The first kappa shape index (κ1) is 18.9. The van der Waals surface area contributed by atoms with Crippen LogP contribution in [0.5, 0.6) is 5.75 Å². The highest BCUT2D eigenvalue weighted by Crippen LogP contribution is 2.24. The second kappa shape index (κ2) is 9.74. The molecule has 6 nitrogen and oxygen atoms in total. The average molecular weight is 342 g/mol. The van der Waals surface area contributed by atoms with E-state index in [-0.39, 0.29) is 6.61 Å². The molecule has 0 aromatic carbocycles. The van der Waals surface area contributed by atoms with E-state index in [1.165, 1.54) is 0 Å². The molecular weight excluding hydrogens is 316 g/mol. The number of pyridine rings is 1. The predicted molar refractivity (Wildman–Crippen MR) is 98.4 cm³/mol. The number of hydrogen-bond acceptors (Lipinski definition) is 6. The van der Waals surface area contributed by atoms with Crippen molar-refractivity contribution in [3.63, 3.8) is 0 Å². The number of aliphatic hydroxyl groups is 1. The number of aliphatic hydroxyl groups excluding tert-OH is 1. The number of anilines is 1. The van der Waals surface area contributed by atoms with Gasteiger partial charge >= 0.3 is 0 Å². The molecule has 0 radical (unpaired) electrons. The zero-order valence-corrected chi connectivity index (χ0v) is 15.1. The molecule has 0 amide bonds. The van der Waals surface area contributed by atoms with Gasteiger partial charge in [0.2, 0.25) is 0 Å². The number of allylic oxidation sites excluding steroid dienone is 1. The molecule has 0 atom stereocenters. The molecule has 0 bridgehead atoms. The highest BCUT2D eigenvalue weighted by molar-refractivity contribution is 5.52. The minimum atomic E-state index is 0.0794. The monoisotopic (exact) mass is 342 g/mol. The Morgan fingerprint density at radius 1 is 1.28 bits per heavy atom. The molecule has 0 spiro atoms. The van der Waals surface area contributed by atoms with Gasteiger partial charge in [0.25, 0.3) is 0 Å². The zero-order chi connectivity index (χ0) is 18.1. The summed E-state index contributed by atoms with van der Waals surface area (Å²) in [5, 5.41) is 12.5. The van der Waals surface area contributed by atoms with Crippen LogP contribution < -0.4 is 10.1 Å². The van der Waals surface area contributed by atoms with Crippen molar-refractivity contribution in [3.05, 3.63) is 53.4 Å². The van der Waals surface area contributed by atoms with Crippen LogP contribution in [-0.2, 0) is 6.61 Å². The van der Waals surface area contributed by atoms with Crippen LogP contribution >= 0.6 is 0 Å². The Labute approximate surface area is 149 Å². The fraction of sp³-hybridized carbons (Fsp3) is 0.421. The van der Waals surface area contributed by atoms with Crippen molar-refractivity contribution in [1.29, 1.82) is 0 Å². The molecule has 0 fully saturated rings. The topological polar surface area (TPSA) is 80.2 Å². The van der Waals surface area contributed by atoms with E-state index in [4.69, 9.17) is 4.74 Å². The number of nitrogens with one attached hydrogen (secondary N) is 1. The second-order valence-corrected chi connectivity index (χ2v) is 5.81. The summed E-state index contributed by atoms with van der Waals surface area (Å²) in [6.45, 7) is 6.32. The van der Waals surface area contributed by atoms with Crippen LogP contribution in [0.2, 0.25) is 0 Å². The first-order chi connectivity index (χ1) is 12.1. The molecule has 2 aromatic rings. The van der Waals surface area contributed by atoms with Crippen molar-refractivity contribution in [3.8, 4) is 5.75 Å². The Balaban J connectivity index is 2.15. The van der Waals surface area contributed by atoms with Crippen LogP contribution in [0.25, 0.3) is 0 Å². The van der Waals surface area contributed by atoms with Crippen LogP contribution in [0.4, 0.5) is 5.82 Å². The minimum Gasteiger partial charge on any atom is -0.482 e. The molecule has 0 aliphatic carbocycles. The number of ether oxygens (including phenoxy) is 1. The van der Waals surface area contributed by atoms with Crippen LogP contribution in [0.15, 0.2) is 36.2 Å². The lowest BCUT2D eigenvalue weighted by Crippen LogP contribution is -2.08. The second-order valence-electron chi connectivity index (χ2n) is 5.81. The Morgan fingerprint density at radius 2 is 2.12 bits per heavy atom. The number of rotatable bonds is 9. The third kappa shape index (κ3) is 6.15. The molecule has 0 unspecified atom stereocenters. The van der Waals surface area contributed by atoms with Crippen LogP contribution in [0.1, 0.15) is 43.4 Å². The summed E-state index contributed by atoms with van der Waals surface area (Å²) in [7, 11) is 0. The lowest BCUT2D eigenvalue weighted by molar-refractivity contribution is 0.297. The van der Waals surface area contributed by atoms with Crippen LogP contribution in [0.3, 0.4) is 0 Å². The summed E-state index contributed by atoms with van der Waals surface area (Å²) in [6, 6.07) is 5.83. The van der Waals surface area contributed by atoms with Crippen molar-refractivity contribution < 1.29 is 9.84 Å². The molecule has 0 saturated carbocycles. The summed E-state index contributed by atoms with van der Waals surface area (Å²) in [6.07, 6.45) is 6.27. The van der Waals surface area contributed by atoms with Gasteiger partial charge in [-0.15, -0.1) is 0 Å². The van der Waals surface area contributed by atoms with Crippen molar-refractivity contribution in [2.24, 2.45) is 0 Å². The Bertz CT molecular complexity index is 716. The molecule has 2 heterocycles. The average Bonchev–Trinajstić information content (AvgIpc) is 2.59. The van der Waals surface area contributed by atoms with E-state index in [0.717, 1.165) is 29.9 Å². The van der Waals surface area contributed by atoms with E-state index < -0.39 is 0 Å². The minimum absolute atomic E-state index is 0.0794. The molecule has 0 aliphatic rings. The molecular formula is C19H26N4O2. The maximum absolute atomic E-state index is 9.26. The van der Waals surface area contributed by atoms with E-state index in [2.05, 4.69) is 33.3 Å². The van der Waals surface area contributed by atoms with E-state index in [9.17, 15) is 5.11 Å². The highest BCUT2D eigenvalue weighted by Gasteiger charge is 2.10. The van der Waals surface area contributed by atoms with Gasteiger partial charge in [-0.05, 0) is 32.4 Å². The van der Waals surface area contributed by atoms with Crippen LogP contribution in [0, 0.1) is 13.8 Å². The molecule has 2 N–H and O–H groups in total. The lowest BCUT2D eigenvalue weighted by Gasteiger charge is -2.14. The van der Waals surface area contributed by atoms with Gasteiger partial charge in [0.1, 0.15) is 12.4 Å². The number of aromatic nitrogens is 3. The van der Waals surface area contributed by atoms with E-state index in [1.54, 1.807) is 6.20 Å². The van der Waals surface area contributed by atoms with Crippen molar-refractivity contribution in [2.45, 2.75) is 46.6 Å². The summed E-state index contributed by atoms with van der Waals surface area (Å²) in [5.74, 6) is 1.83. The number of nitrogens with zero attached hydrogens (tertiary/aromatic N) is 3. The van der Waals surface area contributed by atoms with Gasteiger partial charge in [0.15, 0.2) is 11.6 Å². The largest absolute Gasteiger partial charge is 0.482 e. The molecule has 0 aliphatic heterocycles. The van der Waals surface area contributed by atoms with Crippen molar-refractivity contribution >= 4 is 5.82 Å². The van der Waals surface area contributed by atoms with E-state index in [1.807, 2.05) is 32.0 Å². The molecule has 2 rings (SSSR count). The standard InChI is InChI=1S/C19H26N4O2/c1-4-5-8-16(10-11-24)23-19-18(12-20-15(3)22-19)25-13-17-9-6-7-14(2)21-17/h6-9,12,24H,4-5,10-11,13H2,1-3H3,(H,20,22,23)/b16-8-. The Morgan fingerprint density at radius 3 is 2.84 bits per heavy atom. The van der Waals surface area contributed by atoms with Crippen molar-refractivity contribution in [2.75, 3.05) is 11.9 Å². The van der Waals surface area contributed by atoms with Gasteiger partial charge in [-0.1, -0.05) is 25.5 Å². The van der Waals surface area contributed by atoms with Crippen molar-refractivity contribution in [1.82, 2.24) is 15.0 Å². The molecule has 0 saturated heterocycles. The molecule has 6 heteroatoms. The smallest absolute Gasteiger partial charge is 0.180 e. The normalized spacial score (nSPS) is 11.4. The fourth-order valence-corrected chi connectivity index (χ4v) is 2.29. The summed E-state index contributed by atoms with van der Waals surface area (Å²) >= 11 is 0. The number of hydrogen-bond donors (Lipinski definition) is 2. The van der Waals surface area contributed by atoms with Gasteiger partial charge in [-0.3, -0.25) is 4.98 Å². The van der Waals surface area contributed by atoms with Gasteiger partial charge in [-0.2, -0.15) is 0 Å². The quantitative estimate of drug-likeness (QED) is 0.725. The zero-order valence-electron chi connectivity index (χ0n) is 15.1. The lowest BCUT2D eigenvalue weighted by atomic mass is 10.2. The summed E-state index contributed by atoms with van der Waals surface area (Å²) < 4.78 is 5.88. The van der Waals surface area contributed by atoms with Gasteiger partial charge in [0, 0.05) is 24.4 Å². The highest BCUT2D eigenvalue weighted by atomic mass is 16.5. The number of aryl methyl sites for hydroxylation is 2. The first-order valence-electron chi connectivity index (χ1n) is 8.58. The van der Waals surface area contributed by atoms with Gasteiger partial charge in [0.05, 0.1) is 11.9 Å². The fourth-order valence-electron chi connectivity index (χ4n) is 2.29. The van der Waals surface area contributed by atoms with E-state index in [0.29, 0.717) is 30.4 Å². The van der Waals surface area contributed by atoms with Crippen LogP contribution in [-0.4, -0.2) is 26.7 Å². The number of unbranched alkanes of at least 4 members (excludes halogenated alkanes) is 1. The van der Waals surface area contributed by atoms with Gasteiger partial charge in [-0.25, -0.2) is 9.97 Å². The predicted octanol–water partition coefficient (Wildman–Crippen LogP) is 3.55. The van der Waals surface area contributed by atoms with Gasteiger partial charge < -0.3 is 15.2 Å². The maximum Gasteiger partial charge on any atom is 0.180 e. The third-order valence-electron chi connectivity index (χ3n) is 3.54. The molecule has 2 aromatic heterocycles.